The van der Waals surface area contributed by atoms with E-state index in [0.29, 0.717) is 11.5 Å². The third-order valence-electron chi connectivity index (χ3n) is 5.30. The predicted molar refractivity (Wildman–Crippen MR) is 139 cm³/mol. The molecule has 0 spiro atoms. The largest absolute Gasteiger partial charge is 0.497 e. The molecule has 34 heavy (non-hydrogen) atoms. The number of hydrogen-bond donors (Lipinski definition) is 1. The molecule has 0 aliphatic carbocycles. The van der Waals surface area contributed by atoms with E-state index in [1.165, 1.54) is 4.90 Å². The zero-order valence-electron chi connectivity index (χ0n) is 21.5. The number of benzene rings is 2. The van der Waals surface area contributed by atoms with Crippen molar-refractivity contribution in [3.8, 4) is 11.5 Å². The molecule has 0 aliphatic rings. The van der Waals surface area contributed by atoms with Gasteiger partial charge in [0.05, 0.1) is 11.6 Å². The molecule has 6 nitrogen and oxygen atoms in total. The first-order chi connectivity index (χ1) is 15.7. The summed E-state index contributed by atoms with van der Waals surface area (Å²) in [5.74, 6) is 0.760. The summed E-state index contributed by atoms with van der Waals surface area (Å²) in [5, 5.41) is 2.96. The molecule has 1 unspecified atom stereocenters. The van der Waals surface area contributed by atoms with Gasteiger partial charge < -0.3 is 19.7 Å². The van der Waals surface area contributed by atoms with Crippen LogP contribution in [-0.2, 0) is 21.5 Å². The van der Waals surface area contributed by atoms with Crippen LogP contribution in [0.5, 0.6) is 11.5 Å². The molecule has 0 bridgehead atoms. The lowest BCUT2D eigenvalue weighted by atomic mass is 9.87. The second-order valence-electron chi connectivity index (χ2n) is 10.5. The van der Waals surface area contributed by atoms with Crippen LogP contribution >= 0.6 is 15.9 Å². The van der Waals surface area contributed by atoms with Gasteiger partial charge in [0.15, 0.2) is 6.61 Å². The van der Waals surface area contributed by atoms with Gasteiger partial charge >= 0.3 is 0 Å². The summed E-state index contributed by atoms with van der Waals surface area (Å²) in [7, 11) is 1.60. The molecule has 2 rings (SSSR count). The van der Waals surface area contributed by atoms with E-state index in [-0.39, 0.29) is 30.4 Å². The Morgan fingerprint density at radius 1 is 1.06 bits per heavy atom. The molecular formula is C27H37BrN2O4. The van der Waals surface area contributed by atoms with Crippen LogP contribution in [0.15, 0.2) is 46.9 Å². The average Bonchev–Trinajstić information content (AvgIpc) is 2.74. The van der Waals surface area contributed by atoms with Crippen LogP contribution < -0.4 is 14.8 Å². The molecule has 0 aromatic heterocycles. The number of carbonyl (C=O) groups excluding carboxylic acids is 2. The molecule has 0 saturated heterocycles. The normalized spacial score (nSPS) is 12.6. The van der Waals surface area contributed by atoms with Gasteiger partial charge in [0.1, 0.15) is 17.5 Å². The van der Waals surface area contributed by atoms with Crippen LogP contribution in [0.3, 0.4) is 0 Å². The first kappa shape index (κ1) is 27.7. The van der Waals surface area contributed by atoms with Crippen molar-refractivity contribution in [1.82, 2.24) is 10.2 Å². The van der Waals surface area contributed by atoms with E-state index in [0.717, 1.165) is 15.6 Å². The SMILES string of the molecule is COc1cccc(CN(C(=O)COc2ccc(C(C)(C)C)cc2Br)C(C)C(=O)NC(C)(C)C)c1. The highest BCUT2D eigenvalue weighted by molar-refractivity contribution is 9.10. The van der Waals surface area contributed by atoms with E-state index in [4.69, 9.17) is 9.47 Å². The minimum atomic E-state index is -0.687. The smallest absolute Gasteiger partial charge is 0.261 e. The number of halogens is 1. The first-order valence-electron chi connectivity index (χ1n) is 11.4. The number of ether oxygens (including phenoxy) is 2. The van der Waals surface area contributed by atoms with Crippen LogP contribution in [0, 0.1) is 0 Å². The molecule has 7 heteroatoms. The van der Waals surface area contributed by atoms with Gasteiger partial charge in [-0.1, -0.05) is 39.0 Å². The summed E-state index contributed by atoms with van der Waals surface area (Å²) in [6.07, 6.45) is 0. The summed E-state index contributed by atoms with van der Waals surface area (Å²) in [6, 6.07) is 12.6. The fourth-order valence-corrected chi connectivity index (χ4v) is 3.82. The van der Waals surface area contributed by atoms with Crippen molar-refractivity contribution in [1.29, 1.82) is 0 Å². The van der Waals surface area contributed by atoms with Crippen molar-refractivity contribution in [2.75, 3.05) is 13.7 Å². The van der Waals surface area contributed by atoms with Crippen molar-refractivity contribution in [2.45, 2.75) is 72.0 Å². The number of nitrogens with one attached hydrogen (secondary N) is 1. The molecule has 0 radical (unpaired) electrons. The highest BCUT2D eigenvalue weighted by Gasteiger charge is 2.29. The molecule has 0 heterocycles. The number of nitrogens with zero attached hydrogens (tertiary/aromatic N) is 1. The van der Waals surface area contributed by atoms with Gasteiger partial charge in [-0.15, -0.1) is 0 Å². The van der Waals surface area contributed by atoms with Crippen molar-refractivity contribution in [3.63, 3.8) is 0 Å². The van der Waals surface area contributed by atoms with E-state index in [1.54, 1.807) is 14.0 Å². The highest BCUT2D eigenvalue weighted by atomic mass is 79.9. The number of methoxy groups -OCH3 is 1. The van der Waals surface area contributed by atoms with Gasteiger partial charge in [-0.25, -0.2) is 0 Å². The number of carbonyl (C=O) groups is 2. The molecule has 2 aromatic carbocycles. The second kappa shape index (κ2) is 11.3. The Kier molecular flexibility index (Phi) is 9.17. The maximum Gasteiger partial charge on any atom is 0.261 e. The molecule has 0 aliphatic heterocycles. The molecule has 0 fully saturated rings. The maximum absolute atomic E-state index is 13.3. The van der Waals surface area contributed by atoms with Gasteiger partial charge in [-0.3, -0.25) is 9.59 Å². The monoisotopic (exact) mass is 532 g/mol. The Hall–Kier alpha value is -2.54. The summed E-state index contributed by atoms with van der Waals surface area (Å²) < 4.78 is 12.0. The van der Waals surface area contributed by atoms with Gasteiger partial charge in [0.2, 0.25) is 5.91 Å². The first-order valence-corrected chi connectivity index (χ1v) is 12.2. The maximum atomic E-state index is 13.3. The summed E-state index contributed by atoms with van der Waals surface area (Å²) in [4.78, 5) is 27.7. The second-order valence-corrected chi connectivity index (χ2v) is 11.3. The topological polar surface area (TPSA) is 67.9 Å². The van der Waals surface area contributed by atoms with E-state index in [1.807, 2.05) is 63.2 Å². The van der Waals surface area contributed by atoms with E-state index >= 15 is 0 Å². The summed E-state index contributed by atoms with van der Waals surface area (Å²) in [5.41, 5.74) is 1.61. The Morgan fingerprint density at radius 3 is 2.29 bits per heavy atom. The average molecular weight is 534 g/mol. The van der Waals surface area contributed by atoms with E-state index in [2.05, 4.69) is 42.0 Å². The number of amides is 2. The number of hydrogen-bond acceptors (Lipinski definition) is 4. The van der Waals surface area contributed by atoms with Crippen LogP contribution in [0.25, 0.3) is 0 Å². The highest BCUT2D eigenvalue weighted by Crippen LogP contribution is 2.31. The third kappa shape index (κ3) is 8.05. The minimum absolute atomic E-state index is 0.000255. The molecule has 186 valence electrons. The molecule has 2 aromatic rings. The van der Waals surface area contributed by atoms with Gasteiger partial charge in [-0.2, -0.15) is 0 Å². The summed E-state index contributed by atoms with van der Waals surface area (Å²) in [6.45, 7) is 13.9. The molecular weight excluding hydrogens is 496 g/mol. The Bertz CT molecular complexity index is 1010. The summed E-state index contributed by atoms with van der Waals surface area (Å²) >= 11 is 3.55. The lowest BCUT2D eigenvalue weighted by Crippen LogP contribution is -2.53. The molecule has 1 N–H and O–H groups in total. The van der Waals surface area contributed by atoms with Gasteiger partial charge in [0.25, 0.3) is 5.91 Å². The predicted octanol–water partition coefficient (Wildman–Crippen LogP) is 5.47. The van der Waals surface area contributed by atoms with E-state index in [9.17, 15) is 9.59 Å². The Morgan fingerprint density at radius 2 is 1.74 bits per heavy atom. The lowest BCUT2D eigenvalue weighted by molar-refractivity contribution is -0.142. The molecule has 1 atom stereocenters. The Labute approximate surface area is 212 Å². The minimum Gasteiger partial charge on any atom is -0.497 e. The van der Waals surface area contributed by atoms with Crippen molar-refractivity contribution in [3.05, 3.63) is 58.1 Å². The number of rotatable bonds is 8. The van der Waals surface area contributed by atoms with Gasteiger partial charge in [0, 0.05) is 12.1 Å². The zero-order valence-corrected chi connectivity index (χ0v) is 23.1. The fourth-order valence-electron chi connectivity index (χ4n) is 3.33. The Balaban J connectivity index is 2.23. The molecule has 0 saturated carbocycles. The third-order valence-corrected chi connectivity index (χ3v) is 5.92. The molecule has 2 amide bonds. The van der Waals surface area contributed by atoms with Crippen LogP contribution in [-0.4, -0.2) is 42.0 Å². The standard InChI is InChI=1S/C27H37BrN2O4/c1-18(25(32)29-27(5,6)7)30(16-19-10-9-11-21(14-19)33-8)24(31)17-34-23-13-12-20(15-22(23)28)26(2,3)4/h9-15,18H,16-17H2,1-8H3,(H,29,32). The zero-order chi connectivity index (χ0) is 25.7. The van der Waals surface area contributed by atoms with Crippen molar-refractivity contribution < 1.29 is 19.1 Å². The quantitative estimate of drug-likeness (QED) is 0.489. The fraction of sp³-hybridized carbons (Fsp3) is 0.481. The van der Waals surface area contributed by atoms with Crippen molar-refractivity contribution in [2.24, 2.45) is 0 Å². The lowest BCUT2D eigenvalue weighted by Gasteiger charge is -2.31. The van der Waals surface area contributed by atoms with Crippen LogP contribution in [0.1, 0.15) is 59.6 Å². The van der Waals surface area contributed by atoms with Crippen LogP contribution in [0.2, 0.25) is 0 Å². The van der Waals surface area contributed by atoms with Crippen LogP contribution in [0.4, 0.5) is 0 Å². The van der Waals surface area contributed by atoms with Gasteiger partial charge in [-0.05, 0) is 84.4 Å². The van der Waals surface area contributed by atoms with Crippen molar-refractivity contribution >= 4 is 27.7 Å². The van der Waals surface area contributed by atoms with E-state index < -0.39 is 11.6 Å².